The second-order valence-corrected chi connectivity index (χ2v) is 6.63. The van der Waals surface area contributed by atoms with E-state index in [1.54, 1.807) is 0 Å². The highest BCUT2D eigenvalue weighted by molar-refractivity contribution is 7.99. The molecule has 0 aromatic rings. The average Bonchev–Trinajstić information content (AvgIpc) is 3.15. The fraction of sp³-hybridized carbons (Fsp3) is 0.923. The highest BCUT2D eigenvalue weighted by Crippen LogP contribution is 2.35. The molecule has 3 nitrogen and oxygen atoms in total. The van der Waals surface area contributed by atoms with Crippen LogP contribution < -0.4 is 5.73 Å². The lowest BCUT2D eigenvalue weighted by molar-refractivity contribution is -0.133. The van der Waals surface area contributed by atoms with Crippen LogP contribution in [-0.4, -0.2) is 41.9 Å². The minimum absolute atomic E-state index is 0.292. The van der Waals surface area contributed by atoms with E-state index in [1.165, 1.54) is 37.2 Å². The van der Waals surface area contributed by atoms with E-state index in [4.69, 9.17) is 5.73 Å². The number of amides is 1. The largest absolute Gasteiger partial charge is 0.341 e. The Hall–Kier alpha value is -0.220. The number of hydrogen-bond donors (Lipinski definition) is 1. The summed E-state index contributed by atoms with van der Waals surface area (Å²) in [4.78, 5) is 14.1. The molecule has 1 amide bonds. The number of hydrogen-bond acceptors (Lipinski definition) is 3. The zero-order valence-corrected chi connectivity index (χ0v) is 11.5. The number of nitrogens with two attached hydrogens (primary N) is 1. The molecule has 0 spiro atoms. The maximum Gasteiger partial charge on any atom is 0.222 e. The second kappa shape index (κ2) is 6.10. The summed E-state index contributed by atoms with van der Waals surface area (Å²) in [6.45, 7) is 0.618. The Morgan fingerprint density at radius 2 is 2.00 bits per heavy atom. The lowest BCUT2D eigenvalue weighted by Crippen LogP contribution is -2.44. The quantitative estimate of drug-likeness (QED) is 0.814. The number of rotatable bonds is 5. The van der Waals surface area contributed by atoms with Crippen LogP contribution in [0.1, 0.15) is 32.1 Å². The van der Waals surface area contributed by atoms with Gasteiger partial charge < -0.3 is 10.6 Å². The molecule has 0 bridgehead atoms. The number of carbonyl (C=O) groups excluding carboxylic acids is 1. The summed E-state index contributed by atoms with van der Waals surface area (Å²) >= 11 is 2.01. The summed E-state index contributed by atoms with van der Waals surface area (Å²) < 4.78 is 0. The van der Waals surface area contributed by atoms with Crippen molar-refractivity contribution in [2.75, 3.05) is 25.1 Å². The molecule has 0 aromatic carbocycles. The van der Waals surface area contributed by atoms with Gasteiger partial charge in [0.05, 0.1) is 0 Å². The second-order valence-electron chi connectivity index (χ2n) is 5.40. The van der Waals surface area contributed by atoms with Gasteiger partial charge in [-0.2, -0.15) is 11.8 Å². The van der Waals surface area contributed by atoms with Crippen LogP contribution in [-0.2, 0) is 4.79 Å². The van der Waals surface area contributed by atoms with E-state index in [0.29, 0.717) is 30.3 Å². The molecule has 1 aliphatic heterocycles. The molecule has 2 fully saturated rings. The van der Waals surface area contributed by atoms with Crippen LogP contribution in [0.5, 0.6) is 0 Å². The first-order valence-electron chi connectivity index (χ1n) is 6.76. The van der Waals surface area contributed by atoms with Crippen LogP contribution in [0.25, 0.3) is 0 Å². The van der Waals surface area contributed by atoms with Crippen LogP contribution in [0.3, 0.4) is 0 Å². The summed E-state index contributed by atoms with van der Waals surface area (Å²) in [6.07, 6.45) is 5.65. The Kier molecular flexibility index (Phi) is 4.74. The van der Waals surface area contributed by atoms with E-state index in [2.05, 4.69) is 0 Å². The molecule has 1 aliphatic carbocycles. The van der Waals surface area contributed by atoms with Gasteiger partial charge in [0.25, 0.3) is 0 Å². The average molecular weight is 256 g/mol. The molecule has 1 saturated carbocycles. The summed E-state index contributed by atoms with van der Waals surface area (Å²) in [5, 5.41) is 0. The Morgan fingerprint density at radius 1 is 1.35 bits per heavy atom. The molecule has 0 aromatic heterocycles. The van der Waals surface area contributed by atoms with Crippen molar-refractivity contribution < 1.29 is 4.79 Å². The number of thioether (sulfide) groups is 1. The van der Waals surface area contributed by atoms with Gasteiger partial charge in [-0.25, -0.2) is 0 Å². The van der Waals surface area contributed by atoms with Crippen molar-refractivity contribution >= 4 is 17.7 Å². The van der Waals surface area contributed by atoms with Crippen molar-refractivity contribution in [3.05, 3.63) is 0 Å². The van der Waals surface area contributed by atoms with Gasteiger partial charge in [0, 0.05) is 26.1 Å². The first-order chi connectivity index (χ1) is 8.22. The van der Waals surface area contributed by atoms with E-state index in [9.17, 15) is 4.79 Å². The predicted molar refractivity (Wildman–Crippen MR) is 73.0 cm³/mol. The first kappa shape index (κ1) is 13.2. The molecule has 2 N–H and O–H groups in total. The number of carbonyl (C=O) groups is 1. The Labute approximate surface area is 108 Å². The molecule has 2 rings (SSSR count). The van der Waals surface area contributed by atoms with E-state index in [1.807, 2.05) is 23.7 Å². The zero-order valence-electron chi connectivity index (χ0n) is 10.7. The fourth-order valence-electron chi connectivity index (χ4n) is 2.67. The van der Waals surface area contributed by atoms with E-state index < -0.39 is 0 Å². The molecule has 0 radical (unpaired) electrons. The molecule has 98 valence electrons. The van der Waals surface area contributed by atoms with Gasteiger partial charge in [-0.05, 0) is 49.0 Å². The van der Waals surface area contributed by atoms with E-state index in [-0.39, 0.29) is 0 Å². The molecular formula is C13H24N2OS. The summed E-state index contributed by atoms with van der Waals surface area (Å²) in [7, 11) is 1.94. The van der Waals surface area contributed by atoms with Crippen molar-refractivity contribution in [1.82, 2.24) is 4.90 Å². The molecule has 1 saturated heterocycles. The van der Waals surface area contributed by atoms with Crippen LogP contribution in [0, 0.1) is 11.8 Å². The van der Waals surface area contributed by atoms with Crippen molar-refractivity contribution in [3.8, 4) is 0 Å². The van der Waals surface area contributed by atoms with Crippen molar-refractivity contribution in [3.63, 3.8) is 0 Å². The third-order valence-corrected chi connectivity index (χ3v) is 5.15. The third kappa shape index (κ3) is 3.62. The third-order valence-electron chi connectivity index (χ3n) is 4.10. The van der Waals surface area contributed by atoms with Gasteiger partial charge in [-0.3, -0.25) is 4.79 Å². The zero-order chi connectivity index (χ0) is 12.3. The van der Waals surface area contributed by atoms with Crippen molar-refractivity contribution in [1.29, 1.82) is 0 Å². The van der Waals surface area contributed by atoms with Crippen LogP contribution in [0.15, 0.2) is 0 Å². The minimum Gasteiger partial charge on any atom is -0.341 e. The monoisotopic (exact) mass is 256 g/mol. The molecule has 1 heterocycles. The highest BCUT2D eigenvalue weighted by atomic mass is 32.2. The highest BCUT2D eigenvalue weighted by Gasteiger charge is 2.35. The Bertz CT molecular complexity index is 262. The smallest absolute Gasteiger partial charge is 0.222 e. The maximum absolute atomic E-state index is 12.2. The van der Waals surface area contributed by atoms with Gasteiger partial charge in [0.1, 0.15) is 0 Å². The molecule has 1 unspecified atom stereocenters. The molecular weight excluding hydrogens is 232 g/mol. The van der Waals surface area contributed by atoms with Gasteiger partial charge >= 0.3 is 0 Å². The van der Waals surface area contributed by atoms with Crippen molar-refractivity contribution in [2.45, 2.75) is 38.1 Å². The summed E-state index contributed by atoms with van der Waals surface area (Å²) in [6, 6.07) is 0.292. The van der Waals surface area contributed by atoms with Crippen LogP contribution in [0.2, 0.25) is 0 Å². The van der Waals surface area contributed by atoms with Crippen LogP contribution in [0.4, 0.5) is 0 Å². The topological polar surface area (TPSA) is 46.3 Å². The molecule has 17 heavy (non-hydrogen) atoms. The summed E-state index contributed by atoms with van der Waals surface area (Å²) in [5.41, 5.74) is 5.79. The van der Waals surface area contributed by atoms with Gasteiger partial charge in [-0.1, -0.05) is 0 Å². The lowest BCUT2D eigenvalue weighted by Gasteiger charge is -2.29. The predicted octanol–water partition coefficient (Wildman–Crippen LogP) is 1.72. The summed E-state index contributed by atoms with van der Waals surface area (Å²) in [5.74, 6) is 4.05. The van der Waals surface area contributed by atoms with Gasteiger partial charge in [0.15, 0.2) is 0 Å². The minimum atomic E-state index is 0.292. The number of nitrogens with zero attached hydrogens (tertiary/aromatic N) is 1. The lowest BCUT2D eigenvalue weighted by atomic mass is 9.97. The van der Waals surface area contributed by atoms with Gasteiger partial charge in [-0.15, -0.1) is 0 Å². The van der Waals surface area contributed by atoms with E-state index in [0.717, 1.165) is 6.42 Å². The van der Waals surface area contributed by atoms with Crippen molar-refractivity contribution in [2.24, 2.45) is 17.6 Å². The molecule has 2 aliphatic rings. The maximum atomic E-state index is 12.2. The van der Waals surface area contributed by atoms with E-state index >= 15 is 0 Å². The standard InChI is InChI=1S/C13H24N2OS/c1-15(12(9-14)11-2-3-11)13(16)8-10-4-6-17-7-5-10/h10-12H,2-9,14H2,1H3. The fourth-order valence-corrected chi connectivity index (χ4v) is 3.88. The first-order valence-corrected chi connectivity index (χ1v) is 7.91. The Morgan fingerprint density at radius 3 is 2.53 bits per heavy atom. The Balaban J connectivity index is 1.80. The molecule has 4 heteroatoms. The normalized spacial score (nSPS) is 23.4. The number of likely N-dealkylation sites (N-methyl/N-ethyl adjacent to an activating group) is 1. The SMILES string of the molecule is CN(C(=O)CC1CCSCC1)C(CN)C1CC1. The van der Waals surface area contributed by atoms with Gasteiger partial charge in [0.2, 0.25) is 5.91 Å². The molecule has 1 atom stereocenters. The van der Waals surface area contributed by atoms with Crippen LogP contribution >= 0.6 is 11.8 Å².